The number of amides is 1. The van der Waals surface area contributed by atoms with Crippen LogP contribution in [0.5, 0.6) is 0 Å². The fourth-order valence-corrected chi connectivity index (χ4v) is 1.40. The summed E-state index contributed by atoms with van der Waals surface area (Å²) >= 11 is 0. The molecule has 94 valence electrons. The van der Waals surface area contributed by atoms with Crippen molar-refractivity contribution < 1.29 is 4.79 Å². The van der Waals surface area contributed by atoms with Crippen molar-refractivity contribution in [3.8, 4) is 0 Å². The Kier molecular flexibility index (Phi) is 4.17. The van der Waals surface area contributed by atoms with Gasteiger partial charge < -0.3 is 11.1 Å². The number of aromatic nitrogens is 2. The van der Waals surface area contributed by atoms with E-state index in [2.05, 4.69) is 15.5 Å². The maximum Gasteiger partial charge on any atom is 0.253 e. The van der Waals surface area contributed by atoms with Crippen LogP contribution in [0.2, 0.25) is 0 Å². The highest BCUT2D eigenvalue weighted by Crippen LogP contribution is 2.09. The number of carbonyl (C=O) groups excluding carboxylic acids is 1. The van der Waals surface area contributed by atoms with E-state index >= 15 is 0 Å². The zero-order valence-electron chi connectivity index (χ0n) is 10.9. The second-order valence-corrected chi connectivity index (χ2v) is 4.74. The van der Waals surface area contributed by atoms with Gasteiger partial charge in [0, 0.05) is 12.1 Å². The first-order valence-electron chi connectivity index (χ1n) is 5.75. The molecule has 0 atom stereocenters. The molecule has 0 aliphatic rings. The molecule has 0 fully saturated rings. The summed E-state index contributed by atoms with van der Waals surface area (Å²) in [4.78, 5) is 12.1. The van der Waals surface area contributed by atoms with Gasteiger partial charge in [-0.1, -0.05) is 6.92 Å². The molecule has 1 aromatic heterocycles. The highest BCUT2D eigenvalue weighted by Gasteiger charge is 2.21. The fraction of sp³-hybridized carbons (Fsp3) is 0.583. The summed E-state index contributed by atoms with van der Waals surface area (Å²) in [5.41, 5.74) is 7.20. The molecule has 17 heavy (non-hydrogen) atoms. The van der Waals surface area contributed by atoms with E-state index in [0.29, 0.717) is 24.2 Å². The van der Waals surface area contributed by atoms with Crippen LogP contribution in [0.3, 0.4) is 0 Å². The van der Waals surface area contributed by atoms with Crippen molar-refractivity contribution in [2.24, 2.45) is 5.73 Å². The van der Waals surface area contributed by atoms with Crippen molar-refractivity contribution in [1.29, 1.82) is 0 Å². The third kappa shape index (κ3) is 3.49. The van der Waals surface area contributed by atoms with Crippen LogP contribution < -0.4 is 11.1 Å². The highest BCUT2D eigenvalue weighted by atomic mass is 16.1. The molecule has 1 heterocycles. The standard InChI is InChI=1S/C12H20N4O/c1-5-10-9(6-8(2)15-16-10)11(17)14-12(3,4)7-13/h6H,5,7,13H2,1-4H3,(H,14,17). The molecule has 0 saturated heterocycles. The van der Waals surface area contributed by atoms with E-state index in [-0.39, 0.29) is 5.91 Å². The van der Waals surface area contributed by atoms with Gasteiger partial charge >= 0.3 is 0 Å². The molecule has 1 aromatic rings. The summed E-state index contributed by atoms with van der Waals surface area (Å²) in [6.45, 7) is 7.93. The molecule has 1 rings (SSSR count). The highest BCUT2D eigenvalue weighted by molar-refractivity contribution is 5.95. The van der Waals surface area contributed by atoms with Gasteiger partial charge in [0.1, 0.15) is 0 Å². The Morgan fingerprint density at radius 1 is 1.47 bits per heavy atom. The summed E-state index contributed by atoms with van der Waals surface area (Å²) in [5, 5.41) is 10.9. The average molecular weight is 236 g/mol. The van der Waals surface area contributed by atoms with E-state index in [1.807, 2.05) is 27.7 Å². The van der Waals surface area contributed by atoms with Gasteiger partial charge in [0.2, 0.25) is 0 Å². The van der Waals surface area contributed by atoms with E-state index < -0.39 is 5.54 Å². The summed E-state index contributed by atoms with van der Waals surface area (Å²) in [6, 6.07) is 1.76. The topological polar surface area (TPSA) is 80.9 Å². The predicted octanol–water partition coefficient (Wildman–Crippen LogP) is 0.815. The van der Waals surface area contributed by atoms with E-state index in [1.54, 1.807) is 6.07 Å². The molecular formula is C12H20N4O. The Bertz CT molecular complexity index is 415. The van der Waals surface area contributed by atoms with Crippen LogP contribution in [0.4, 0.5) is 0 Å². The maximum atomic E-state index is 12.1. The first kappa shape index (κ1) is 13.6. The van der Waals surface area contributed by atoms with Crippen LogP contribution in [-0.4, -0.2) is 28.2 Å². The summed E-state index contributed by atoms with van der Waals surface area (Å²) in [7, 11) is 0. The molecule has 3 N–H and O–H groups in total. The minimum atomic E-state index is -0.417. The zero-order valence-corrected chi connectivity index (χ0v) is 10.9. The van der Waals surface area contributed by atoms with Crippen LogP contribution in [0.1, 0.15) is 42.5 Å². The normalized spacial score (nSPS) is 11.4. The number of nitrogens with zero attached hydrogens (tertiary/aromatic N) is 2. The van der Waals surface area contributed by atoms with E-state index in [0.717, 1.165) is 5.69 Å². The summed E-state index contributed by atoms with van der Waals surface area (Å²) in [6.07, 6.45) is 0.680. The molecular weight excluding hydrogens is 216 g/mol. The first-order chi connectivity index (χ1) is 7.89. The molecule has 0 radical (unpaired) electrons. The molecule has 0 unspecified atom stereocenters. The second kappa shape index (κ2) is 5.23. The van der Waals surface area contributed by atoms with Crippen molar-refractivity contribution >= 4 is 5.91 Å². The predicted molar refractivity (Wildman–Crippen MR) is 66.7 cm³/mol. The number of carbonyl (C=O) groups is 1. The van der Waals surface area contributed by atoms with Crippen molar-refractivity contribution in [2.45, 2.75) is 39.7 Å². The van der Waals surface area contributed by atoms with Gasteiger partial charge in [0.15, 0.2) is 0 Å². The molecule has 0 saturated carbocycles. The van der Waals surface area contributed by atoms with Crippen LogP contribution in [0.15, 0.2) is 6.07 Å². The van der Waals surface area contributed by atoms with Gasteiger partial charge in [0.05, 0.1) is 17.0 Å². The Hall–Kier alpha value is -1.49. The van der Waals surface area contributed by atoms with E-state index in [1.165, 1.54) is 0 Å². The lowest BCUT2D eigenvalue weighted by molar-refractivity contribution is 0.0914. The van der Waals surface area contributed by atoms with Gasteiger partial charge in [-0.2, -0.15) is 10.2 Å². The molecule has 0 bridgehead atoms. The minimum Gasteiger partial charge on any atom is -0.346 e. The zero-order chi connectivity index (χ0) is 13.1. The van der Waals surface area contributed by atoms with Crippen LogP contribution >= 0.6 is 0 Å². The molecule has 5 heteroatoms. The fourth-order valence-electron chi connectivity index (χ4n) is 1.40. The van der Waals surface area contributed by atoms with Gasteiger partial charge in [0.25, 0.3) is 5.91 Å². The Balaban J connectivity index is 2.99. The third-order valence-electron chi connectivity index (χ3n) is 2.53. The van der Waals surface area contributed by atoms with Crippen LogP contribution in [0, 0.1) is 6.92 Å². The lowest BCUT2D eigenvalue weighted by Crippen LogP contribution is -2.49. The molecule has 1 amide bonds. The summed E-state index contributed by atoms with van der Waals surface area (Å²) in [5.74, 6) is -0.143. The molecule has 5 nitrogen and oxygen atoms in total. The van der Waals surface area contributed by atoms with Crippen LogP contribution in [0.25, 0.3) is 0 Å². The molecule has 0 aliphatic carbocycles. The molecule has 0 spiro atoms. The van der Waals surface area contributed by atoms with Crippen molar-refractivity contribution in [2.75, 3.05) is 6.54 Å². The largest absolute Gasteiger partial charge is 0.346 e. The van der Waals surface area contributed by atoms with Gasteiger partial charge in [-0.15, -0.1) is 0 Å². The lowest BCUT2D eigenvalue weighted by Gasteiger charge is -2.24. The number of aryl methyl sites for hydroxylation is 2. The van der Waals surface area contributed by atoms with E-state index in [9.17, 15) is 4.79 Å². The number of nitrogens with two attached hydrogens (primary N) is 1. The first-order valence-corrected chi connectivity index (χ1v) is 5.75. The van der Waals surface area contributed by atoms with Gasteiger partial charge in [-0.25, -0.2) is 0 Å². The second-order valence-electron chi connectivity index (χ2n) is 4.74. The molecule has 0 aromatic carbocycles. The number of hydrogen-bond acceptors (Lipinski definition) is 4. The Morgan fingerprint density at radius 3 is 2.65 bits per heavy atom. The monoisotopic (exact) mass is 236 g/mol. The summed E-state index contributed by atoms with van der Waals surface area (Å²) < 4.78 is 0. The average Bonchev–Trinajstić information content (AvgIpc) is 2.28. The smallest absolute Gasteiger partial charge is 0.253 e. The Morgan fingerprint density at radius 2 is 2.12 bits per heavy atom. The number of hydrogen-bond donors (Lipinski definition) is 2. The lowest BCUT2D eigenvalue weighted by atomic mass is 10.0. The minimum absolute atomic E-state index is 0.143. The van der Waals surface area contributed by atoms with Gasteiger partial charge in [-0.05, 0) is 33.3 Å². The third-order valence-corrected chi connectivity index (χ3v) is 2.53. The van der Waals surface area contributed by atoms with Crippen molar-refractivity contribution in [3.05, 3.63) is 23.0 Å². The maximum absolute atomic E-state index is 12.1. The van der Waals surface area contributed by atoms with E-state index in [4.69, 9.17) is 5.73 Å². The Labute approximate surface area is 102 Å². The van der Waals surface area contributed by atoms with Gasteiger partial charge in [-0.3, -0.25) is 4.79 Å². The number of nitrogens with one attached hydrogen (secondary N) is 1. The quantitative estimate of drug-likeness (QED) is 0.810. The number of rotatable bonds is 4. The SMILES string of the molecule is CCc1nnc(C)cc1C(=O)NC(C)(C)CN. The molecule has 0 aliphatic heterocycles. The van der Waals surface area contributed by atoms with Crippen molar-refractivity contribution in [1.82, 2.24) is 15.5 Å². The van der Waals surface area contributed by atoms with Crippen LogP contribution in [-0.2, 0) is 6.42 Å². The van der Waals surface area contributed by atoms with Crippen molar-refractivity contribution in [3.63, 3.8) is 0 Å².